The van der Waals surface area contributed by atoms with Crippen molar-refractivity contribution < 1.29 is 23.9 Å². The molecule has 9 nitrogen and oxygen atoms in total. The minimum absolute atomic E-state index is 0.214. The fourth-order valence-electron chi connectivity index (χ4n) is 1.89. The normalized spacial score (nSPS) is 12.7. The molecular weight excluding hydrogens is 350 g/mol. The second-order valence-electron chi connectivity index (χ2n) is 4.34. The van der Waals surface area contributed by atoms with Gasteiger partial charge in [-0.2, -0.15) is 0 Å². The Bertz CT molecular complexity index is 780. The highest BCUT2D eigenvalue weighted by atomic mass is 35.5. The number of carbonyl (C=O) groups excluding carboxylic acids is 1. The van der Waals surface area contributed by atoms with Gasteiger partial charge >= 0.3 is 5.97 Å². The molecule has 1 aliphatic rings. The van der Waals surface area contributed by atoms with Gasteiger partial charge in [0.05, 0.1) is 11.0 Å². The number of esters is 1. The van der Waals surface area contributed by atoms with Gasteiger partial charge in [-0.3, -0.25) is 10.1 Å². The van der Waals surface area contributed by atoms with Gasteiger partial charge in [0, 0.05) is 17.6 Å². The van der Waals surface area contributed by atoms with Gasteiger partial charge in [-0.05, 0) is 0 Å². The first-order chi connectivity index (χ1) is 11.1. The van der Waals surface area contributed by atoms with E-state index in [2.05, 4.69) is 9.59 Å². The molecule has 0 saturated carbocycles. The third kappa shape index (κ3) is 3.17. The van der Waals surface area contributed by atoms with Crippen LogP contribution in [-0.2, 0) is 11.3 Å². The van der Waals surface area contributed by atoms with Crippen molar-refractivity contribution in [1.29, 1.82) is 0 Å². The first-order valence-electron chi connectivity index (χ1n) is 6.28. The largest absolute Gasteiger partial charge is 0.486 e. The number of nitro groups is 1. The average Bonchev–Trinajstić information content (AvgIpc) is 2.96. The molecule has 0 radical (unpaired) electrons. The Morgan fingerprint density at radius 3 is 2.70 bits per heavy atom. The highest BCUT2D eigenvalue weighted by Gasteiger charge is 2.27. The summed E-state index contributed by atoms with van der Waals surface area (Å²) in [6, 6.07) is 2.37. The molecule has 0 fully saturated rings. The van der Waals surface area contributed by atoms with E-state index >= 15 is 0 Å². The van der Waals surface area contributed by atoms with E-state index in [0.717, 1.165) is 17.6 Å². The Balaban J connectivity index is 1.86. The SMILES string of the molecule is O=C(OCc1nnsc1Cl)c1cc2c(cc1[N+](=O)[O-])OCCO2. The van der Waals surface area contributed by atoms with Crippen LogP contribution >= 0.6 is 23.1 Å². The van der Waals surface area contributed by atoms with Crippen LogP contribution in [0.4, 0.5) is 5.69 Å². The Labute approximate surface area is 138 Å². The third-order valence-electron chi connectivity index (χ3n) is 2.93. The number of halogens is 1. The molecule has 0 unspecified atom stereocenters. The Hall–Kier alpha value is -2.46. The van der Waals surface area contributed by atoms with E-state index in [1.165, 1.54) is 6.07 Å². The van der Waals surface area contributed by atoms with Crippen molar-refractivity contribution in [1.82, 2.24) is 9.59 Å². The summed E-state index contributed by atoms with van der Waals surface area (Å²) in [4.78, 5) is 22.6. The van der Waals surface area contributed by atoms with Crippen LogP contribution in [0.3, 0.4) is 0 Å². The fourth-order valence-corrected chi connectivity index (χ4v) is 2.49. The van der Waals surface area contributed by atoms with Gasteiger partial charge in [0.2, 0.25) is 0 Å². The Morgan fingerprint density at radius 1 is 1.39 bits per heavy atom. The summed E-state index contributed by atoms with van der Waals surface area (Å²) >= 11 is 6.75. The summed E-state index contributed by atoms with van der Waals surface area (Å²) < 4.78 is 19.5. The van der Waals surface area contributed by atoms with E-state index in [1.54, 1.807) is 0 Å². The molecule has 1 aliphatic heterocycles. The van der Waals surface area contributed by atoms with Crippen molar-refractivity contribution >= 4 is 34.8 Å². The number of fused-ring (bicyclic) bond motifs is 1. The quantitative estimate of drug-likeness (QED) is 0.465. The number of ether oxygens (including phenoxy) is 3. The smallest absolute Gasteiger partial charge is 0.345 e. The fraction of sp³-hybridized carbons (Fsp3) is 0.250. The number of carbonyl (C=O) groups is 1. The van der Waals surface area contributed by atoms with Crippen LogP contribution in [0.25, 0.3) is 0 Å². The second-order valence-corrected chi connectivity index (χ2v) is 5.70. The Kier molecular flexibility index (Phi) is 4.26. The molecule has 0 aliphatic carbocycles. The topological polar surface area (TPSA) is 114 Å². The molecule has 2 aromatic rings. The summed E-state index contributed by atoms with van der Waals surface area (Å²) in [6.07, 6.45) is 0. The number of aromatic nitrogens is 2. The first-order valence-corrected chi connectivity index (χ1v) is 7.43. The van der Waals surface area contributed by atoms with E-state index in [-0.39, 0.29) is 40.3 Å². The van der Waals surface area contributed by atoms with E-state index in [1.807, 2.05) is 0 Å². The molecule has 0 atom stereocenters. The minimum atomic E-state index is -0.891. The van der Waals surface area contributed by atoms with Gasteiger partial charge in [-0.15, -0.1) is 5.10 Å². The zero-order valence-electron chi connectivity index (χ0n) is 11.4. The molecule has 1 aromatic heterocycles. The van der Waals surface area contributed by atoms with Crippen LogP contribution in [0.2, 0.25) is 4.34 Å². The van der Waals surface area contributed by atoms with E-state index in [0.29, 0.717) is 6.61 Å². The zero-order valence-corrected chi connectivity index (χ0v) is 12.9. The number of nitro benzene ring substituents is 1. The molecular formula is C12H8ClN3O6S. The molecule has 0 spiro atoms. The van der Waals surface area contributed by atoms with Crippen molar-refractivity contribution in [3.05, 3.63) is 37.8 Å². The summed E-state index contributed by atoms with van der Waals surface area (Å²) in [5.41, 5.74) is -0.384. The van der Waals surface area contributed by atoms with Gasteiger partial charge in [-0.1, -0.05) is 16.1 Å². The van der Waals surface area contributed by atoms with Crippen molar-refractivity contribution in [3.63, 3.8) is 0 Å². The van der Waals surface area contributed by atoms with Crippen LogP contribution in [0.5, 0.6) is 11.5 Å². The zero-order chi connectivity index (χ0) is 16.4. The molecule has 3 rings (SSSR count). The van der Waals surface area contributed by atoms with Gasteiger partial charge in [0.15, 0.2) is 11.5 Å². The monoisotopic (exact) mass is 357 g/mol. The number of nitrogens with zero attached hydrogens (tertiary/aromatic N) is 3. The lowest BCUT2D eigenvalue weighted by Crippen LogP contribution is -2.17. The predicted octanol–water partition coefficient (Wildman–Crippen LogP) is 2.23. The van der Waals surface area contributed by atoms with Crippen molar-refractivity contribution in [2.24, 2.45) is 0 Å². The number of hydrogen-bond donors (Lipinski definition) is 0. The second kappa shape index (κ2) is 6.34. The molecule has 23 heavy (non-hydrogen) atoms. The maximum atomic E-state index is 12.2. The molecule has 0 bridgehead atoms. The van der Waals surface area contributed by atoms with Crippen molar-refractivity contribution in [2.45, 2.75) is 6.61 Å². The van der Waals surface area contributed by atoms with Crippen LogP contribution in [-0.4, -0.2) is 33.7 Å². The molecule has 2 heterocycles. The lowest BCUT2D eigenvalue weighted by molar-refractivity contribution is -0.385. The third-order valence-corrected chi connectivity index (χ3v) is 3.91. The van der Waals surface area contributed by atoms with Crippen LogP contribution < -0.4 is 9.47 Å². The van der Waals surface area contributed by atoms with Gasteiger partial charge in [0.25, 0.3) is 5.69 Å². The maximum absolute atomic E-state index is 12.2. The summed E-state index contributed by atoms with van der Waals surface area (Å²) in [5, 5.41) is 14.8. The molecule has 0 amide bonds. The van der Waals surface area contributed by atoms with Crippen LogP contribution in [0.15, 0.2) is 12.1 Å². The number of hydrogen-bond acceptors (Lipinski definition) is 9. The lowest BCUT2D eigenvalue weighted by Gasteiger charge is -2.18. The molecule has 1 aromatic carbocycles. The lowest BCUT2D eigenvalue weighted by atomic mass is 10.1. The summed E-state index contributed by atoms with van der Waals surface area (Å²) in [5.74, 6) is -0.425. The predicted molar refractivity (Wildman–Crippen MR) is 78.1 cm³/mol. The standard InChI is InChI=1S/C12H8ClN3O6S/c13-11-7(14-15-23-11)5-22-12(17)6-3-9-10(21-2-1-20-9)4-8(6)16(18)19/h3-4H,1-2,5H2. The Morgan fingerprint density at radius 2 is 2.09 bits per heavy atom. The van der Waals surface area contributed by atoms with Gasteiger partial charge in [0.1, 0.15) is 35.4 Å². The average molecular weight is 358 g/mol. The molecule has 0 N–H and O–H groups in total. The highest BCUT2D eigenvalue weighted by Crippen LogP contribution is 2.37. The van der Waals surface area contributed by atoms with Crippen molar-refractivity contribution in [2.75, 3.05) is 13.2 Å². The number of rotatable bonds is 4. The van der Waals surface area contributed by atoms with E-state index in [4.69, 9.17) is 25.8 Å². The van der Waals surface area contributed by atoms with Gasteiger partial charge in [-0.25, -0.2) is 4.79 Å². The van der Waals surface area contributed by atoms with Crippen LogP contribution in [0, 0.1) is 10.1 Å². The highest BCUT2D eigenvalue weighted by molar-refractivity contribution is 7.10. The number of benzene rings is 1. The molecule has 120 valence electrons. The van der Waals surface area contributed by atoms with E-state index < -0.39 is 16.6 Å². The molecule has 11 heteroatoms. The maximum Gasteiger partial charge on any atom is 0.345 e. The van der Waals surface area contributed by atoms with E-state index in [9.17, 15) is 14.9 Å². The minimum Gasteiger partial charge on any atom is -0.486 e. The first kappa shape index (κ1) is 15.4. The summed E-state index contributed by atoms with van der Waals surface area (Å²) in [6.45, 7) is 0.336. The van der Waals surface area contributed by atoms with Gasteiger partial charge < -0.3 is 14.2 Å². The summed E-state index contributed by atoms with van der Waals surface area (Å²) in [7, 11) is 0. The van der Waals surface area contributed by atoms with Crippen molar-refractivity contribution in [3.8, 4) is 11.5 Å². The van der Waals surface area contributed by atoms with Crippen LogP contribution in [0.1, 0.15) is 16.1 Å². The molecule has 0 saturated heterocycles.